The first-order chi connectivity index (χ1) is 11.3. The van der Waals surface area contributed by atoms with E-state index in [0.717, 1.165) is 5.69 Å². The van der Waals surface area contributed by atoms with Gasteiger partial charge in [-0.3, -0.25) is 4.79 Å². The van der Waals surface area contributed by atoms with E-state index in [4.69, 9.17) is 23.2 Å². The van der Waals surface area contributed by atoms with Crippen LogP contribution in [0.25, 0.3) is 5.65 Å². The van der Waals surface area contributed by atoms with Gasteiger partial charge >= 0.3 is 0 Å². The number of nitrogens with one attached hydrogen (secondary N) is 1. The highest BCUT2D eigenvalue weighted by atomic mass is 35.5. The number of hydrogen-bond acceptors (Lipinski definition) is 2. The summed E-state index contributed by atoms with van der Waals surface area (Å²) >= 11 is 12.2. The van der Waals surface area contributed by atoms with Crippen LogP contribution < -0.4 is 5.32 Å². The molecule has 0 unspecified atom stereocenters. The Bertz CT molecular complexity index is 905. The third kappa shape index (κ3) is 3.12. The predicted molar refractivity (Wildman–Crippen MR) is 98.3 cm³/mol. The van der Waals surface area contributed by atoms with Crippen LogP contribution in [-0.4, -0.2) is 15.3 Å². The van der Waals surface area contributed by atoms with Crippen molar-refractivity contribution in [2.24, 2.45) is 0 Å². The molecule has 0 saturated heterocycles. The van der Waals surface area contributed by atoms with Crippen LogP contribution in [0.15, 0.2) is 42.7 Å². The molecule has 0 fully saturated rings. The van der Waals surface area contributed by atoms with E-state index in [1.165, 1.54) is 0 Å². The van der Waals surface area contributed by atoms with Gasteiger partial charge in [-0.2, -0.15) is 0 Å². The zero-order valence-corrected chi connectivity index (χ0v) is 15.1. The SMILES string of the molecule is CC(C)(C)c1cn2cccc(NC(=O)c3c(Cl)cccc3Cl)c2n1. The summed E-state index contributed by atoms with van der Waals surface area (Å²) in [4.78, 5) is 17.2. The zero-order chi connectivity index (χ0) is 17.5. The van der Waals surface area contributed by atoms with Gasteiger partial charge < -0.3 is 9.72 Å². The molecule has 1 aromatic carbocycles. The quantitative estimate of drug-likeness (QED) is 0.682. The molecular weight excluding hydrogens is 345 g/mol. The number of pyridine rings is 1. The van der Waals surface area contributed by atoms with Crippen molar-refractivity contribution >= 4 is 40.4 Å². The van der Waals surface area contributed by atoms with Crippen LogP contribution in [0.4, 0.5) is 5.69 Å². The number of hydrogen-bond donors (Lipinski definition) is 1. The molecule has 0 radical (unpaired) electrons. The largest absolute Gasteiger partial charge is 0.319 e. The molecule has 0 aliphatic carbocycles. The Morgan fingerprint density at radius 3 is 2.42 bits per heavy atom. The highest BCUT2D eigenvalue weighted by molar-refractivity contribution is 6.40. The van der Waals surface area contributed by atoms with Crippen LogP contribution in [0.5, 0.6) is 0 Å². The molecule has 1 amide bonds. The van der Waals surface area contributed by atoms with Crippen LogP contribution in [0.2, 0.25) is 10.0 Å². The topological polar surface area (TPSA) is 46.4 Å². The number of anilines is 1. The molecule has 0 aliphatic rings. The lowest BCUT2D eigenvalue weighted by Gasteiger charge is -2.13. The number of carbonyl (C=O) groups excluding carboxylic acids is 1. The third-order valence-corrected chi connectivity index (χ3v) is 4.32. The van der Waals surface area contributed by atoms with Gasteiger partial charge in [-0.05, 0) is 24.3 Å². The fourth-order valence-electron chi connectivity index (χ4n) is 2.37. The second kappa shape index (κ2) is 6.11. The molecule has 1 N–H and O–H groups in total. The van der Waals surface area contributed by atoms with Crippen molar-refractivity contribution in [2.75, 3.05) is 5.32 Å². The van der Waals surface area contributed by atoms with Gasteiger partial charge in [0.05, 0.1) is 27.0 Å². The van der Waals surface area contributed by atoms with Gasteiger partial charge in [0.25, 0.3) is 5.91 Å². The third-order valence-electron chi connectivity index (χ3n) is 3.69. The smallest absolute Gasteiger partial charge is 0.258 e. The molecule has 3 rings (SSSR count). The minimum Gasteiger partial charge on any atom is -0.319 e. The first kappa shape index (κ1) is 16.8. The van der Waals surface area contributed by atoms with E-state index in [-0.39, 0.29) is 16.9 Å². The molecule has 2 heterocycles. The second-order valence-electron chi connectivity index (χ2n) is 6.58. The Hall–Kier alpha value is -2.04. The van der Waals surface area contributed by atoms with Gasteiger partial charge in [-0.15, -0.1) is 0 Å². The van der Waals surface area contributed by atoms with Crippen molar-refractivity contribution < 1.29 is 4.79 Å². The molecule has 6 heteroatoms. The fraction of sp³-hybridized carbons (Fsp3) is 0.222. The Morgan fingerprint density at radius 2 is 1.79 bits per heavy atom. The summed E-state index contributed by atoms with van der Waals surface area (Å²) in [5, 5.41) is 3.48. The van der Waals surface area contributed by atoms with Crippen molar-refractivity contribution in [3.8, 4) is 0 Å². The average molecular weight is 362 g/mol. The van der Waals surface area contributed by atoms with Gasteiger partial charge in [-0.1, -0.05) is 50.0 Å². The van der Waals surface area contributed by atoms with E-state index in [1.54, 1.807) is 24.3 Å². The normalized spacial score (nSPS) is 11.7. The summed E-state index contributed by atoms with van der Waals surface area (Å²) < 4.78 is 1.89. The van der Waals surface area contributed by atoms with Crippen LogP contribution in [-0.2, 0) is 5.41 Å². The minimum atomic E-state index is -0.362. The molecule has 3 aromatic rings. The van der Waals surface area contributed by atoms with E-state index < -0.39 is 0 Å². The Balaban J connectivity index is 2.01. The van der Waals surface area contributed by atoms with Crippen LogP contribution >= 0.6 is 23.2 Å². The van der Waals surface area contributed by atoms with Crippen LogP contribution in [0.1, 0.15) is 36.8 Å². The summed E-state index contributed by atoms with van der Waals surface area (Å²) in [7, 11) is 0. The molecule has 0 spiro atoms. The standard InChI is InChI=1S/C18H17Cl2N3O/c1-18(2,3)14-10-23-9-5-8-13(16(23)22-14)21-17(24)15-11(19)6-4-7-12(15)20/h4-10H,1-3H3,(H,21,24). The number of imidazole rings is 1. The number of amides is 1. The first-order valence-corrected chi connectivity index (χ1v) is 8.26. The Kier molecular flexibility index (Phi) is 4.28. The molecule has 0 aliphatic heterocycles. The highest BCUT2D eigenvalue weighted by Gasteiger charge is 2.20. The van der Waals surface area contributed by atoms with Crippen LogP contribution in [0, 0.1) is 0 Å². The molecule has 0 saturated carbocycles. The van der Waals surface area contributed by atoms with Gasteiger partial charge in [0.2, 0.25) is 0 Å². The van der Waals surface area contributed by atoms with E-state index in [9.17, 15) is 4.79 Å². The number of fused-ring (bicyclic) bond motifs is 1. The zero-order valence-electron chi connectivity index (χ0n) is 13.6. The molecule has 0 bridgehead atoms. The maximum Gasteiger partial charge on any atom is 0.258 e. The molecular formula is C18H17Cl2N3O. The van der Waals surface area contributed by atoms with Crippen LogP contribution in [0.3, 0.4) is 0 Å². The molecule has 124 valence electrons. The number of nitrogens with zero attached hydrogens (tertiary/aromatic N) is 2. The summed E-state index contributed by atoms with van der Waals surface area (Å²) in [6.45, 7) is 6.28. The summed E-state index contributed by atoms with van der Waals surface area (Å²) in [6.07, 6.45) is 3.86. The van der Waals surface area contributed by atoms with Crippen molar-refractivity contribution in [3.63, 3.8) is 0 Å². The molecule has 0 atom stereocenters. The number of rotatable bonds is 2. The van der Waals surface area contributed by atoms with Crippen molar-refractivity contribution in [3.05, 3.63) is 64.0 Å². The second-order valence-corrected chi connectivity index (χ2v) is 7.39. The summed E-state index contributed by atoms with van der Waals surface area (Å²) in [5.74, 6) is -0.362. The van der Waals surface area contributed by atoms with Crippen molar-refractivity contribution in [2.45, 2.75) is 26.2 Å². The lowest BCUT2D eigenvalue weighted by atomic mass is 9.93. The van der Waals surface area contributed by atoms with E-state index >= 15 is 0 Å². The lowest BCUT2D eigenvalue weighted by Crippen LogP contribution is -2.14. The monoisotopic (exact) mass is 361 g/mol. The minimum absolute atomic E-state index is 0.0840. The maximum atomic E-state index is 12.6. The fourth-order valence-corrected chi connectivity index (χ4v) is 2.94. The Morgan fingerprint density at radius 1 is 1.12 bits per heavy atom. The molecule has 4 nitrogen and oxygen atoms in total. The first-order valence-electron chi connectivity index (χ1n) is 7.51. The van der Waals surface area contributed by atoms with Gasteiger partial charge in [0.1, 0.15) is 0 Å². The number of carbonyl (C=O) groups is 1. The Labute approximate surface area is 150 Å². The van der Waals surface area contributed by atoms with Gasteiger partial charge in [0, 0.05) is 17.8 Å². The maximum absolute atomic E-state index is 12.6. The van der Waals surface area contributed by atoms with E-state index in [1.807, 2.05) is 22.9 Å². The summed E-state index contributed by atoms with van der Waals surface area (Å²) in [6, 6.07) is 8.63. The predicted octanol–water partition coefficient (Wildman–Crippen LogP) is 5.19. The van der Waals surface area contributed by atoms with Gasteiger partial charge in [-0.25, -0.2) is 4.98 Å². The highest BCUT2D eigenvalue weighted by Crippen LogP contribution is 2.27. The van der Waals surface area contributed by atoms with Crippen molar-refractivity contribution in [1.29, 1.82) is 0 Å². The number of aromatic nitrogens is 2. The van der Waals surface area contributed by atoms with Gasteiger partial charge in [0.15, 0.2) is 5.65 Å². The van der Waals surface area contributed by atoms with E-state index in [2.05, 4.69) is 31.1 Å². The van der Waals surface area contributed by atoms with Crippen molar-refractivity contribution in [1.82, 2.24) is 9.38 Å². The lowest BCUT2D eigenvalue weighted by molar-refractivity contribution is 0.102. The average Bonchev–Trinajstić information content (AvgIpc) is 2.92. The molecule has 2 aromatic heterocycles. The summed E-state index contributed by atoms with van der Waals surface area (Å²) in [5.41, 5.74) is 2.40. The molecule has 24 heavy (non-hydrogen) atoms. The van der Waals surface area contributed by atoms with E-state index in [0.29, 0.717) is 21.4 Å². The number of halogens is 2. The number of benzene rings is 1.